The summed E-state index contributed by atoms with van der Waals surface area (Å²) in [6.07, 6.45) is 1.49. The number of carboxylic acid groups (broad SMARTS) is 5. The van der Waals surface area contributed by atoms with Gasteiger partial charge < -0.3 is 118 Å². The van der Waals surface area contributed by atoms with Crippen LogP contribution >= 0.6 is 35.1 Å². The summed E-state index contributed by atoms with van der Waals surface area (Å²) in [5.41, 5.74) is 2.30. The molecule has 3 aromatic carbocycles. The van der Waals surface area contributed by atoms with Crippen LogP contribution in [0.15, 0.2) is 79.1 Å². The van der Waals surface area contributed by atoms with Gasteiger partial charge in [0.05, 0.1) is 59.0 Å². The highest BCUT2D eigenvalue weighted by molar-refractivity contribution is 7.98. The molecule has 13 amide bonds. The highest BCUT2D eigenvalue weighted by Crippen LogP contribution is 2.28. The third-order valence-corrected chi connectivity index (χ3v) is 27.8. The quantitative estimate of drug-likeness (QED) is 0.0247. The second kappa shape index (κ2) is 63.2. The van der Waals surface area contributed by atoms with Gasteiger partial charge in [0, 0.05) is 186 Å². The number of likely N-dealkylation sites (tertiary alicyclic amines) is 1. The van der Waals surface area contributed by atoms with E-state index in [1.807, 2.05) is 36.1 Å². The van der Waals surface area contributed by atoms with Crippen LogP contribution in [0.1, 0.15) is 155 Å². The number of nitrogens with one attached hydrogen (secondary N) is 14. The van der Waals surface area contributed by atoms with Crippen molar-refractivity contribution in [3.8, 4) is 0 Å². The largest absolute Gasteiger partial charge is 0.481 e. The summed E-state index contributed by atoms with van der Waals surface area (Å²) >= 11 is 9.39. The Morgan fingerprint density at radius 3 is 1.58 bits per heavy atom. The van der Waals surface area contributed by atoms with Gasteiger partial charge in [0.25, 0.3) is 0 Å². The van der Waals surface area contributed by atoms with Gasteiger partial charge in [-0.15, -0.1) is 0 Å². The van der Waals surface area contributed by atoms with Crippen LogP contribution in [0.25, 0.3) is 21.8 Å². The summed E-state index contributed by atoms with van der Waals surface area (Å²) in [6, 6.07) is 6.50. The van der Waals surface area contributed by atoms with Gasteiger partial charge in [0.15, 0.2) is 0 Å². The average molecular weight is 2140 g/mol. The number of aromatic amines is 2. The second-order valence-corrected chi connectivity index (χ2v) is 41.5. The molecule has 19 N–H and O–H groups in total. The van der Waals surface area contributed by atoms with Crippen LogP contribution < -0.4 is 63.8 Å². The van der Waals surface area contributed by atoms with Crippen molar-refractivity contribution in [1.29, 1.82) is 0 Å². The molecule has 45 nitrogen and oxygen atoms in total. The van der Waals surface area contributed by atoms with Gasteiger partial charge in [0.2, 0.25) is 76.8 Å². The van der Waals surface area contributed by atoms with E-state index in [0.29, 0.717) is 101 Å². The van der Waals surface area contributed by atoms with E-state index in [9.17, 15) is 87.9 Å². The summed E-state index contributed by atoms with van der Waals surface area (Å²) in [4.78, 5) is 262. The molecule has 0 saturated carbocycles. The Labute approximate surface area is 879 Å². The number of halogens is 1. The molecule has 0 radical (unpaired) electrons. The van der Waals surface area contributed by atoms with Gasteiger partial charge in [0.1, 0.15) is 59.9 Å². The first-order valence-electron chi connectivity index (χ1n) is 50.6. The number of carbonyl (C=O) groups is 18. The summed E-state index contributed by atoms with van der Waals surface area (Å²) in [5, 5.41) is 83.4. The molecule has 8 rings (SSSR count). The van der Waals surface area contributed by atoms with E-state index < -0.39 is 180 Å². The molecule has 0 unspecified atom stereocenters. The number of carbonyl (C=O) groups excluding carboxylic acids is 13. The van der Waals surface area contributed by atoms with Crippen molar-refractivity contribution in [3.63, 3.8) is 0 Å². The number of benzene rings is 3. The Hall–Kier alpha value is -12.1. The van der Waals surface area contributed by atoms with E-state index in [2.05, 4.69) is 73.8 Å². The molecule has 149 heavy (non-hydrogen) atoms. The minimum Gasteiger partial charge on any atom is -0.481 e. The smallest absolute Gasteiger partial charge is 0.317 e. The Bertz CT molecular complexity index is 5310. The van der Waals surface area contributed by atoms with Gasteiger partial charge in [-0.3, -0.25) is 106 Å². The highest BCUT2D eigenvalue weighted by atomic mass is 35.5. The number of hydrogen-bond acceptors (Lipinski definition) is 27. The first-order chi connectivity index (χ1) is 71.0. The Kier molecular flexibility index (Phi) is 51.8. The number of aromatic nitrogens is 2. The topological polar surface area (TPSA) is 628 Å². The number of ether oxygens (including phenoxy) is 3. The number of H-pyrrole nitrogens is 2. The zero-order chi connectivity index (χ0) is 109. The number of carboxylic acids is 5. The lowest BCUT2D eigenvalue weighted by Gasteiger charge is -2.32. The van der Waals surface area contributed by atoms with Gasteiger partial charge in [-0.25, -0.2) is 0 Å². The molecule has 0 aliphatic carbocycles. The van der Waals surface area contributed by atoms with Crippen molar-refractivity contribution < 1.29 is 126 Å². The molecule has 5 aromatic rings. The molecule has 3 aliphatic rings. The average Bonchev–Trinajstić information content (AvgIpc) is 1.69. The van der Waals surface area contributed by atoms with Crippen LogP contribution in [0, 0.1) is 17.8 Å². The summed E-state index contributed by atoms with van der Waals surface area (Å²) < 4.78 is 16.9. The van der Waals surface area contributed by atoms with E-state index in [1.54, 1.807) is 116 Å². The number of fused-ring (bicyclic) bond motifs is 4. The predicted molar refractivity (Wildman–Crippen MR) is 556 cm³/mol. The number of thioether (sulfide) groups is 2. The Morgan fingerprint density at radius 2 is 1.02 bits per heavy atom. The first kappa shape index (κ1) is 122. The van der Waals surface area contributed by atoms with Gasteiger partial charge in [-0.1, -0.05) is 102 Å². The molecule has 3 aliphatic heterocycles. The maximum Gasteiger partial charge on any atom is 0.317 e. The van der Waals surface area contributed by atoms with Crippen LogP contribution in [0.5, 0.6) is 0 Å². The maximum atomic E-state index is 15.7. The molecule has 2 aromatic heterocycles. The molecular formula is C101H148ClN19O26S2. The predicted octanol–water partition coefficient (Wildman–Crippen LogP) is 1.94. The second-order valence-electron chi connectivity index (χ2n) is 38.9. The van der Waals surface area contributed by atoms with Crippen LogP contribution in [0.2, 0.25) is 5.02 Å². The highest BCUT2D eigenvalue weighted by Gasteiger charge is 2.44. The summed E-state index contributed by atoms with van der Waals surface area (Å²) in [5.74, 6) is -15.8. The number of rotatable bonds is 52. The van der Waals surface area contributed by atoms with Gasteiger partial charge in [-0.2, -0.15) is 23.5 Å². The maximum absolute atomic E-state index is 15.7. The lowest BCUT2D eigenvalue weighted by molar-refractivity contribution is -0.146. The van der Waals surface area contributed by atoms with E-state index in [0.717, 1.165) is 16.0 Å². The van der Waals surface area contributed by atoms with Crippen molar-refractivity contribution in [1.82, 2.24) is 98.3 Å². The zero-order valence-corrected chi connectivity index (χ0v) is 88.3. The number of aliphatic carboxylic acids is 5. The molecule has 48 heteroatoms. The van der Waals surface area contributed by atoms with Crippen LogP contribution in [0.3, 0.4) is 0 Å². The molecule has 0 spiro atoms. The van der Waals surface area contributed by atoms with Gasteiger partial charge >= 0.3 is 29.8 Å². The Balaban J connectivity index is 0.872. The molecule has 5 heterocycles. The minimum atomic E-state index is -1.81. The van der Waals surface area contributed by atoms with E-state index in [-0.39, 0.29) is 199 Å². The number of nitrogens with zero attached hydrogens (tertiary/aromatic N) is 5. The van der Waals surface area contributed by atoms with Crippen molar-refractivity contribution in [2.24, 2.45) is 17.8 Å². The molecule has 10 atom stereocenters. The molecule has 2 saturated heterocycles. The monoisotopic (exact) mass is 2140 g/mol. The molecular weight excluding hydrogens is 1990 g/mol. The number of amides is 13. The Morgan fingerprint density at radius 1 is 0.510 bits per heavy atom. The number of para-hydroxylation sites is 1. The number of hydrogen-bond donors (Lipinski definition) is 19. The fourth-order valence-corrected chi connectivity index (χ4v) is 19.2. The standard InChI is InChI=1S/C101H148ClN19O26S2/c1-9-64(6)90-98(142)105-29-45-148-59-65-16-12-17-66(48-65)60-149-61-80(95(139)109-74(23-26-85(125)126)96(140)116-101(7,8)100(144)115-90)114-92(136)76(47-63(4)5)110-93(137)77(49-67-53-106-72-19-11-10-18-70(67)72)111-94(138)78(50-68-54-107-73-22-21-69(102)51-71(68)73)112-97(141)81-20-13-30-121(81)99(143)79(52-86(127)128)113-91(135)75(46-62(2)3)108-83(123)25-24-82(122)103-27-14-39-145-41-43-147-44-42-146-40-15-28-104-84(124)55-117-31-33-118(56-87(129)130)35-37-120(58-89(133)134)38-36-119(34-32-117)57-88(131)132/h10-12,16-19,21-22,48,51,53-54,62-64,74-81,90,106-107H,9,13-15,20,23-47,49-50,52,55-61H2,1-8H3,(H,103,122)(H,104,124)(H,105,142)(H,108,123)(H,109,139)(H,110,137)(H,111,138)(H,112,141)(H,113,135)(H,114,136)(H,115,144)(H,116,140)(H,125,126)(H,127,128)(H,129,130)(H,131,132)(H,133,134)/t64-,74-,75+,76-,77-,78-,79-,80-,81-,90-/m0/s1. The first-order valence-corrected chi connectivity index (χ1v) is 53.3. The van der Waals surface area contributed by atoms with Gasteiger partial charge in [-0.05, 0) is 123 Å². The van der Waals surface area contributed by atoms with Crippen molar-refractivity contribution in [2.75, 3.05) is 156 Å². The van der Waals surface area contributed by atoms with Crippen molar-refractivity contribution in [3.05, 3.63) is 106 Å². The van der Waals surface area contributed by atoms with Crippen molar-refractivity contribution in [2.45, 2.75) is 217 Å². The lowest BCUT2D eigenvalue weighted by Crippen LogP contribution is -2.63. The van der Waals surface area contributed by atoms with Crippen LogP contribution in [-0.2, 0) is 125 Å². The van der Waals surface area contributed by atoms with Crippen LogP contribution in [-0.4, -0.2) is 382 Å². The van der Waals surface area contributed by atoms with E-state index >= 15 is 24.0 Å². The van der Waals surface area contributed by atoms with Crippen molar-refractivity contribution >= 4 is 164 Å². The molecule has 2 bridgehead atoms. The fourth-order valence-electron chi connectivity index (χ4n) is 17.2. The van der Waals surface area contributed by atoms with E-state index in [1.165, 1.54) is 25.6 Å². The summed E-state index contributed by atoms with van der Waals surface area (Å²) in [7, 11) is 0. The minimum absolute atomic E-state index is 0.00269. The lowest BCUT2D eigenvalue weighted by atomic mass is 9.95. The molecule has 2 fully saturated rings. The summed E-state index contributed by atoms with van der Waals surface area (Å²) in [6.45, 7) is 17.0. The zero-order valence-electron chi connectivity index (χ0n) is 86.0. The molecule has 822 valence electrons. The van der Waals surface area contributed by atoms with E-state index in [4.69, 9.17) is 25.8 Å². The SMILES string of the molecule is CC[C@H](C)[C@@H]1NC(=O)C(C)(C)NC(=O)[C@H](CCC(=O)O)NC(=O)[C@@H](NC(=O)[C@H](CC(C)C)NC(=O)[C@H](Cc2c[nH]c3ccccc23)NC(=O)[C@H](Cc2c[nH]c3ccc(Cl)cc23)NC(=O)[C@@H]2CCCN2C(=O)[C@H](CC(=O)O)NC(=O)[C@@H](CC(C)C)NC(=O)CCC(=O)NCCCOCCOCCOCCCNC(=O)CN2CCN(CC(=O)O)CCN(CC(=O)O)CCN(CC(=O)O)CC2)CSCc2cccc(c2)CSCCNC1=O. The van der Waals surface area contributed by atoms with Crippen LogP contribution in [0.4, 0.5) is 0 Å². The third-order valence-electron chi connectivity index (χ3n) is 25.4. The third kappa shape index (κ3) is 43.4. The normalized spacial score (nSPS) is 18.7. The fraction of sp³-hybridized carbons (Fsp3) is 0.604.